The van der Waals surface area contributed by atoms with Gasteiger partial charge >= 0.3 is 0 Å². The molecular formula is C14H21NO3. The van der Waals surface area contributed by atoms with E-state index in [1.54, 1.807) is 20.3 Å². The molecule has 0 aliphatic heterocycles. The van der Waals surface area contributed by atoms with Crippen LogP contribution >= 0.6 is 0 Å². The van der Waals surface area contributed by atoms with E-state index in [-0.39, 0.29) is 0 Å². The molecule has 4 nitrogen and oxygen atoms in total. The Balaban J connectivity index is 2.53. The van der Waals surface area contributed by atoms with Crippen LogP contribution in [0.25, 0.3) is 0 Å². The molecule has 0 unspecified atom stereocenters. The predicted octanol–water partition coefficient (Wildman–Crippen LogP) is 1.73. The lowest BCUT2D eigenvalue weighted by Gasteiger charge is -2.13. The van der Waals surface area contributed by atoms with Crippen LogP contribution in [0.5, 0.6) is 11.5 Å². The fourth-order valence-corrected chi connectivity index (χ4v) is 1.65. The molecule has 1 rings (SSSR count). The van der Waals surface area contributed by atoms with Gasteiger partial charge in [-0.3, -0.25) is 0 Å². The highest BCUT2D eigenvalue weighted by atomic mass is 16.5. The summed E-state index contributed by atoms with van der Waals surface area (Å²) in [7, 11) is 3.25. The van der Waals surface area contributed by atoms with Crippen LogP contribution in [0.4, 0.5) is 0 Å². The molecule has 0 saturated heterocycles. The minimum Gasteiger partial charge on any atom is -0.497 e. The molecule has 1 aromatic rings. The van der Waals surface area contributed by atoms with Crippen molar-refractivity contribution in [2.45, 2.75) is 19.1 Å². The van der Waals surface area contributed by atoms with Crippen LogP contribution in [0.3, 0.4) is 0 Å². The summed E-state index contributed by atoms with van der Waals surface area (Å²) in [5, 5.41) is 12.7. The maximum atomic E-state index is 9.55. The molecule has 0 amide bonds. The third kappa shape index (κ3) is 4.39. The van der Waals surface area contributed by atoms with Gasteiger partial charge in [0.25, 0.3) is 0 Å². The molecule has 2 N–H and O–H groups in total. The molecule has 0 heterocycles. The lowest BCUT2D eigenvalue weighted by Crippen LogP contribution is -2.26. The molecule has 0 fully saturated rings. The van der Waals surface area contributed by atoms with E-state index < -0.39 is 6.10 Å². The van der Waals surface area contributed by atoms with E-state index in [4.69, 9.17) is 9.47 Å². The highest BCUT2D eigenvalue weighted by Crippen LogP contribution is 2.24. The molecule has 0 spiro atoms. The Morgan fingerprint density at radius 2 is 2.17 bits per heavy atom. The van der Waals surface area contributed by atoms with Gasteiger partial charge in [0.05, 0.1) is 20.3 Å². The number of hydrogen-bond acceptors (Lipinski definition) is 4. The summed E-state index contributed by atoms with van der Waals surface area (Å²) < 4.78 is 10.4. The second kappa shape index (κ2) is 7.74. The Morgan fingerprint density at radius 3 is 2.78 bits per heavy atom. The zero-order valence-corrected chi connectivity index (χ0v) is 11.0. The molecule has 18 heavy (non-hydrogen) atoms. The van der Waals surface area contributed by atoms with Gasteiger partial charge in [0.1, 0.15) is 11.5 Å². The van der Waals surface area contributed by atoms with Gasteiger partial charge < -0.3 is 19.9 Å². The minimum absolute atomic E-state index is 0.397. The number of rotatable bonds is 8. The first-order valence-electron chi connectivity index (χ1n) is 5.91. The van der Waals surface area contributed by atoms with Crippen molar-refractivity contribution < 1.29 is 14.6 Å². The van der Waals surface area contributed by atoms with Crippen molar-refractivity contribution >= 4 is 0 Å². The van der Waals surface area contributed by atoms with Gasteiger partial charge in [-0.2, -0.15) is 0 Å². The third-order valence-electron chi connectivity index (χ3n) is 2.63. The van der Waals surface area contributed by atoms with E-state index >= 15 is 0 Å². The normalized spacial score (nSPS) is 11.9. The lowest BCUT2D eigenvalue weighted by molar-refractivity contribution is 0.174. The number of nitrogens with one attached hydrogen (secondary N) is 1. The second-order valence-electron chi connectivity index (χ2n) is 3.99. The summed E-state index contributed by atoms with van der Waals surface area (Å²) >= 11 is 0. The monoisotopic (exact) mass is 251 g/mol. The molecule has 0 aliphatic rings. The maximum Gasteiger partial charge on any atom is 0.127 e. The van der Waals surface area contributed by atoms with E-state index in [2.05, 4.69) is 11.9 Å². The van der Waals surface area contributed by atoms with Crippen LogP contribution in [0.1, 0.15) is 12.0 Å². The fourth-order valence-electron chi connectivity index (χ4n) is 1.65. The van der Waals surface area contributed by atoms with Crippen LogP contribution in [-0.2, 0) is 6.54 Å². The molecule has 0 aromatic heterocycles. The average molecular weight is 251 g/mol. The number of aliphatic hydroxyl groups excluding tert-OH is 1. The van der Waals surface area contributed by atoms with Gasteiger partial charge in [-0.25, -0.2) is 0 Å². The number of methoxy groups -OCH3 is 2. The zero-order chi connectivity index (χ0) is 13.4. The molecule has 0 radical (unpaired) electrons. The highest BCUT2D eigenvalue weighted by molar-refractivity contribution is 5.40. The Bertz CT molecular complexity index is 379. The number of aliphatic hydroxyl groups is 1. The molecule has 0 bridgehead atoms. The van der Waals surface area contributed by atoms with Crippen molar-refractivity contribution in [3.05, 3.63) is 36.4 Å². The van der Waals surface area contributed by atoms with E-state index in [1.165, 1.54) is 0 Å². The molecule has 1 aromatic carbocycles. The van der Waals surface area contributed by atoms with Crippen molar-refractivity contribution in [2.75, 3.05) is 20.8 Å². The smallest absolute Gasteiger partial charge is 0.127 e. The van der Waals surface area contributed by atoms with Crippen molar-refractivity contribution in [2.24, 2.45) is 0 Å². The van der Waals surface area contributed by atoms with Crippen LogP contribution in [-0.4, -0.2) is 32.0 Å². The van der Waals surface area contributed by atoms with Crippen LogP contribution in [0, 0.1) is 0 Å². The summed E-state index contributed by atoms with van der Waals surface area (Å²) in [6.45, 7) is 4.76. The van der Waals surface area contributed by atoms with Crippen LogP contribution in [0.15, 0.2) is 30.9 Å². The van der Waals surface area contributed by atoms with Crippen molar-refractivity contribution in [1.82, 2.24) is 5.32 Å². The Kier molecular flexibility index (Phi) is 6.25. The lowest BCUT2D eigenvalue weighted by atomic mass is 10.2. The SMILES string of the molecule is C=CC[C@@H](O)CNCc1ccc(OC)cc1OC. The van der Waals surface area contributed by atoms with Crippen molar-refractivity contribution in [1.29, 1.82) is 0 Å². The van der Waals surface area contributed by atoms with Crippen LogP contribution in [0.2, 0.25) is 0 Å². The van der Waals surface area contributed by atoms with Gasteiger partial charge in [-0.1, -0.05) is 12.1 Å². The molecule has 0 aliphatic carbocycles. The number of hydrogen-bond donors (Lipinski definition) is 2. The molecule has 0 saturated carbocycles. The summed E-state index contributed by atoms with van der Waals surface area (Å²) in [5.41, 5.74) is 1.03. The molecular weight excluding hydrogens is 230 g/mol. The van der Waals surface area contributed by atoms with Crippen LogP contribution < -0.4 is 14.8 Å². The Labute approximate surface area is 108 Å². The fraction of sp³-hybridized carbons (Fsp3) is 0.429. The van der Waals surface area contributed by atoms with E-state index in [9.17, 15) is 5.11 Å². The van der Waals surface area contributed by atoms with Gasteiger partial charge in [0.2, 0.25) is 0 Å². The van der Waals surface area contributed by atoms with Gasteiger partial charge in [-0.15, -0.1) is 6.58 Å². The highest BCUT2D eigenvalue weighted by Gasteiger charge is 2.06. The second-order valence-corrected chi connectivity index (χ2v) is 3.99. The Hall–Kier alpha value is -1.52. The van der Waals surface area contributed by atoms with Gasteiger partial charge in [0, 0.05) is 24.7 Å². The van der Waals surface area contributed by atoms with E-state index in [0.29, 0.717) is 19.5 Å². The summed E-state index contributed by atoms with van der Waals surface area (Å²) in [6, 6.07) is 5.68. The molecule has 4 heteroatoms. The van der Waals surface area contributed by atoms with Gasteiger partial charge in [0.15, 0.2) is 0 Å². The van der Waals surface area contributed by atoms with E-state index in [1.807, 2.05) is 18.2 Å². The summed E-state index contributed by atoms with van der Waals surface area (Å²) in [6.07, 6.45) is 1.90. The van der Waals surface area contributed by atoms with Gasteiger partial charge in [-0.05, 0) is 12.5 Å². The molecule has 1 atom stereocenters. The topological polar surface area (TPSA) is 50.7 Å². The first-order valence-corrected chi connectivity index (χ1v) is 5.91. The zero-order valence-electron chi connectivity index (χ0n) is 11.0. The molecule has 100 valence electrons. The predicted molar refractivity (Wildman–Crippen MR) is 72.1 cm³/mol. The Morgan fingerprint density at radius 1 is 1.39 bits per heavy atom. The maximum absolute atomic E-state index is 9.55. The van der Waals surface area contributed by atoms with Crippen molar-refractivity contribution in [3.63, 3.8) is 0 Å². The third-order valence-corrected chi connectivity index (χ3v) is 2.63. The largest absolute Gasteiger partial charge is 0.497 e. The number of benzene rings is 1. The quantitative estimate of drug-likeness (QED) is 0.691. The summed E-state index contributed by atoms with van der Waals surface area (Å²) in [4.78, 5) is 0. The first kappa shape index (κ1) is 14.5. The average Bonchev–Trinajstić information content (AvgIpc) is 2.39. The first-order chi connectivity index (χ1) is 8.71. The van der Waals surface area contributed by atoms with E-state index in [0.717, 1.165) is 17.1 Å². The summed E-state index contributed by atoms with van der Waals surface area (Å²) in [5.74, 6) is 1.54. The number of ether oxygens (including phenoxy) is 2. The minimum atomic E-state index is -0.397. The standard InChI is InChI=1S/C14H21NO3/c1-4-5-12(16)10-15-9-11-6-7-13(17-2)8-14(11)18-3/h4,6-8,12,15-16H,1,5,9-10H2,2-3H3/t12-/m1/s1. The van der Waals surface area contributed by atoms with Crippen molar-refractivity contribution in [3.8, 4) is 11.5 Å².